The van der Waals surface area contributed by atoms with E-state index < -0.39 is 6.43 Å². The fourth-order valence-corrected chi connectivity index (χ4v) is 1.96. The standard InChI is InChI=1S/C10H9BrF2N2O/c1-16-10-7(4-11)6(2-3-14)8(5-15-10)9(12)13/h5,9H,2,4H2,1H3. The number of methoxy groups -OCH3 is 1. The normalized spacial score (nSPS) is 10.2. The molecule has 0 atom stereocenters. The Balaban J connectivity index is 3.38. The predicted molar refractivity (Wildman–Crippen MR) is 57.7 cm³/mol. The van der Waals surface area contributed by atoms with Gasteiger partial charge in [-0.15, -0.1) is 0 Å². The topological polar surface area (TPSA) is 45.9 Å². The molecule has 0 unspecified atom stereocenters. The van der Waals surface area contributed by atoms with Crippen LogP contribution in [0.15, 0.2) is 6.20 Å². The van der Waals surface area contributed by atoms with Gasteiger partial charge in [-0.1, -0.05) is 15.9 Å². The SMILES string of the molecule is COc1ncc(C(F)F)c(CC#N)c1CBr. The van der Waals surface area contributed by atoms with Crippen molar-refractivity contribution in [1.29, 1.82) is 5.26 Å². The van der Waals surface area contributed by atoms with Gasteiger partial charge in [0.2, 0.25) is 5.88 Å². The second kappa shape index (κ2) is 5.75. The second-order valence-corrected chi connectivity index (χ2v) is 3.51. The fraction of sp³-hybridized carbons (Fsp3) is 0.400. The Labute approximate surface area is 100 Å². The number of nitrogens with zero attached hydrogens (tertiary/aromatic N) is 2. The minimum Gasteiger partial charge on any atom is -0.481 e. The second-order valence-electron chi connectivity index (χ2n) is 2.95. The molecule has 0 bridgehead atoms. The first-order chi connectivity index (χ1) is 7.65. The van der Waals surface area contributed by atoms with E-state index in [-0.39, 0.29) is 17.9 Å². The van der Waals surface area contributed by atoms with Gasteiger partial charge in [-0.2, -0.15) is 5.26 Å². The van der Waals surface area contributed by atoms with E-state index in [1.165, 1.54) is 7.11 Å². The van der Waals surface area contributed by atoms with Crippen LogP contribution in [0.2, 0.25) is 0 Å². The molecule has 0 saturated heterocycles. The molecule has 1 heterocycles. The lowest BCUT2D eigenvalue weighted by Gasteiger charge is -2.13. The molecule has 0 aliphatic carbocycles. The van der Waals surface area contributed by atoms with Gasteiger partial charge in [0.15, 0.2) is 0 Å². The first kappa shape index (κ1) is 12.8. The maximum Gasteiger partial charge on any atom is 0.265 e. The van der Waals surface area contributed by atoms with Crippen LogP contribution in [-0.4, -0.2) is 12.1 Å². The smallest absolute Gasteiger partial charge is 0.265 e. The van der Waals surface area contributed by atoms with Crippen molar-refractivity contribution in [1.82, 2.24) is 4.98 Å². The Morgan fingerprint density at radius 3 is 2.69 bits per heavy atom. The number of aromatic nitrogens is 1. The molecule has 0 N–H and O–H groups in total. The van der Waals surface area contributed by atoms with Crippen molar-refractivity contribution in [2.24, 2.45) is 0 Å². The molecule has 16 heavy (non-hydrogen) atoms. The molecule has 1 aromatic heterocycles. The summed E-state index contributed by atoms with van der Waals surface area (Å²) in [7, 11) is 1.41. The minimum atomic E-state index is -2.64. The van der Waals surface area contributed by atoms with E-state index in [4.69, 9.17) is 10.00 Å². The van der Waals surface area contributed by atoms with Gasteiger partial charge in [0.25, 0.3) is 6.43 Å². The van der Waals surface area contributed by atoms with E-state index in [2.05, 4.69) is 20.9 Å². The maximum atomic E-state index is 12.7. The van der Waals surface area contributed by atoms with Crippen molar-refractivity contribution >= 4 is 15.9 Å². The van der Waals surface area contributed by atoms with E-state index in [1.54, 1.807) is 0 Å². The molecule has 3 nitrogen and oxygen atoms in total. The molecule has 0 fully saturated rings. The van der Waals surface area contributed by atoms with Gasteiger partial charge in [0.05, 0.1) is 19.6 Å². The molecule has 1 aromatic rings. The van der Waals surface area contributed by atoms with Gasteiger partial charge in [-0.25, -0.2) is 13.8 Å². The lowest BCUT2D eigenvalue weighted by molar-refractivity contribution is 0.149. The summed E-state index contributed by atoms with van der Waals surface area (Å²) in [5, 5.41) is 8.96. The molecule has 0 aliphatic rings. The Bertz CT molecular complexity index is 418. The number of nitriles is 1. The third-order valence-electron chi connectivity index (χ3n) is 2.11. The molecule has 0 aliphatic heterocycles. The molecule has 0 spiro atoms. The van der Waals surface area contributed by atoms with Gasteiger partial charge in [-0.3, -0.25) is 0 Å². The van der Waals surface area contributed by atoms with Gasteiger partial charge in [0, 0.05) is 22.7 Å². The molecule has 1 rings (SSSR count). The average Bonchev–Trinajstić information content (AvgIpc) is 2.28. The van der Waals surface area contributed by atoms with Gasteiger partial charge < -0.3 is 4.74 Å². The zero-order valence-electron chi connectivity index (χ0n) is 8.51. The van der Waals surface area contributed by atoms with Crippen molar-refractivity contribution < 1.29 is 13.5 Å². The quantitative estimate of drug-likeness (QED) is 0.801. The average molecular weight is 291 g/mol. The van der Waals surface area contributed by atoms with E-state index >= 15 is 0 Å². The van der Waals surface area contributed by atoms with Gasteiger partial charge in [-0.05, 0) is 5.56 Å². The molecule has 0 saturated carbocycles. The Morgan fingerprint density at radius 1 is 1.56 bits per heavy atom. The monoisotopic (exact) mass is 290 g/mol. The highest BCUT2D eigenvalue weighted by Gasteiger charge is 2.19. The van der Waals surface area contributed by atoms with Crippen LogP contribution in [0.25, 0.3) is 0 Å². The zero-order valence-corrected chi connectivity index (χ0v) is 10.1. The zero-order chi connectivity index (χ0) is 12.1. The van der Waals surface area contributed by atoms with Crippen molar-refractivity contribution in [3.05, 3.63) is 22.9 Å². The lowest BCUT2D eigenvalue weighted by Crippen LogP contribution is -2.04. The van der Waals surface area contributed by atoms with E-state index in [1.807, 2.05) is 6.07 Å². The number of ether oxygens (including phenoxy) is 1. The molecular weight excluding hydrogens is 282 g/mol. The number of alkyl halides is 3. The van der Waals surface area contributed by atoms with Crippen LogP contribution in [0.1, 0.15) is 23.1 Å². The van der Waals surface area contributed by atoms with Crippen molar-refractivity contribution in [2.45, 2.75) is 18.2 Å². The molecule has 86 valence electrons. The molecule has 0 aromatic carbocycles. The highest BCUT2D eigenvalue weighted by atomic mass is 79.9. The summed E-state index contributed by atoms with van der Waals surface area (Å²) in [6.07, 6.45) is -1.67. The number of pyridine rings is 1. The largest absolute Gasteiger partial charge is 0.481 e. The summed E-state index contributed by atoms with van der Waals surface area (Å²) in [5.74, 6) is 0.270. The number of rotatable bonds is 4. The molecular formula is C10H9BrF2N2O. The highest BCUT2D eigenvalue weighted by molar-refractivity contribution is 9.08. The van der Waals surface area contributed by atoms with E-state index in [0.29, 0.717) is 16.5 Å². The van der Waals surface area contributed by atoms with Crippen LogP contribution in [0, 0.1) is 11.3 Å². The predicted octanol–water partition coefficient (Wildman–Crippen LogP) is 2.99. The summed E-state index contributed by atoms with van der Waals surface area (Å²) in [6.45, 7) is 0. The third kappa shape index (κ3) is 2.47. The minimum absolute atomic E-state index is 0.0838. The Hall–Kier alpha value is -1.22. The van der Waals surface area contributed by atoms with Crippen LogP contribution in [-0.2, 0) is 11.8 Å². The molecule has 6 heteroatoms. The number of hydrogen-bond acceptors (Lipinski definition) is 3. The van der Waals surface area contributed by atoms with Gasteiger partial charge in [0.1, 0.15) is 0 Å². The summed E-state index contributed by atoms with van der Waals surface area (Å²) in [4.78, 5) is 3.79. The first-order valence-electron chi connectivity index (χ1n) is 4.41. The summed E-state index contributed by atoms with van der Waals surface area (Å²) < 4.78 is 30.4. The Kier molecular flexibility index (Phi) is 4.62. The third-order valence-corrected chi connectivity index (χ3v) is 2.67. The lowest BCUT2D eigenvalue weighted by atomic mass is 10.0. The highest BCUT2D eigenvalue weighted by Crippen LogP contribution is 2.31. The molecule has 0 radical (unpaired) electrons. The maximum absolute atomic E-state index is 12.7. The van der Waals surface area contributed by atoms with E-state index in [9.17, 15) is 8.78 Å². The first-order valence-corrected chi connectivity index (χ1v) is 5.53. The molecule has 0 amide bonds. The van der Waals surface area contributed by atoms with Crippen molar-refractivity contribution in [3.8, 4) is 11.9 Å². The van der Waals surface area contributed by atoms with Crippen LogP contribution in [0.3, 0.4) is 0 Å². The van der Waals surface area contributed by atoms with Crippen LogP contribution < -0.4 is 4.74 Å². The van der Waals surface area contributed by atoms with E-state index in [0.717, 1.165) is 6.20 Å². The summed E-state index contributed by atoms with van der Waals surface area (Å²) in [6, 6.07) is 1.87. The summed E-state index contributed by atoms with van der Waals surface area (Å²) >= 11 is 3.18. The van der Waals surface area contributed by atoms with Crippen molar-refractivity contribution in [3.63, 3.8) is 0 Å². The van der Waals surface area contributed by atoms with Gasteiger partial charge >= 0.3 is 0 Å². The van der Waals surface area contributed by atoms with Crippen LogP contribution >= 0.6 is 15.9 Å². The number of hydrogen-bond donors (Lipinski definition) is 0. The van der Waals surface area contributed by atoms with Crippen molar-refractivity contribution in [2.75, 3.05) is 7.11 Å². The fourth-order valence-electron chi connectivity index (χ4n) is 1.38. The Morgan fingerprint density at radius 2 is 2.25 bits per heavy atom. The van der Waals surface area contributed by atoms with Crippen LogP contribution in [0.5, 0.6) is 5.88 Å². The summed E-state index contributed by atoms with van der Waals surface area (Å²) in [5.41, 5.74) is 0.583. The van der Waals surface area contributed by atoms with Crippen LogP contribution in [0.4, 0.5) is 8.78 Å². The number of halogens is 3.